The Kier molecular flexibility index (Phi) is 4.65. The number of benzene rings is 2. The molecular weight excluding hydrogens is 324 g/mol. The van der Waals surface area contributed by atoms with E-state index in [1.54, 1.807) is 14.2 Å². The van der Waals surface area contributed by atoms with Crippen molar-refractivity contribution in [2.45, 2.75) is 31.2 Å². The van der Waals surface area contributed by atoms with Gasteiger partial charge in [-0.15, -0.1) is 0 Å². The Balaban J connectivity index is 1.72. The summed E-state index contributed by atoms with van der Waals surface area (Å²) in [5.41, 5.74) is 4.20. The van der Waals surface area contributed by atoms with E-state index in [4.69, 9.17) is 9.47 Å². The lowest BCUT2D eigenvalue weighted by molar-refractivity contribution is 0.403. The van der Waals surface area contributed by atoms with Crippen molar-refractivity contribution in [3.63, 3.8) is 0 Å². The molecule has 1 heterocycles. The van der Waals surface area contributed by atoms with Gasteiger partial charge in [-0.1, -0.05) is 18.2 Å². The van der Waals surface area contributed by atoms with Crippen LogP contribution in [-0.2, 0) is 13.0 Å². The maximum absolute atomic E-state index is 5.43. The number of aromatic nitrogens is 2. The summed E-state index contributed by atoms with van der Waals surface area (Å²) in [7, 11) is 3.44. The minimum atomic E-state index is 0.409. The maximum Gasteiger partial charge on any atom is 0.119 e. The molecule has 26 heavy (non-hydrogen) atoms. The van der Waals surface area contributed by atoms with Crippen LogP contribution in [0.3, 0.4) is 0 Å². The van der Waals surface area contributed by atoms with E-state index >= 15 is 0 Å². The summed E-state index contributed by atoms with van der Waals surface area (Å²) < 4.78 is 12.9. The van der Waals surface area contributed by atoms with Gasteiger partial charge in [-0.25, -0.2) is 4.98 Å². The lowest BCUT2D eigenvalue weighted by Crippen LogP contribution is -2.23. The van der Waals surface area contributed by atoms with Crippen molar-refractivity contribution in [1.82, 2.24) is 9.55 Å². The van der Waals surface area contributed by atoms with Gasteiger partial charge in [0.2, 0.25) is 0 Å². The zero-order valence-electron chi connectivity index (χ0n) is 15.3. The summed E-state index contributed by atoms with van der Waals surface area (Å²) in [5.74, 6) is 2.73. The average Bonchev–Trinajstić information content (AvgIpc) is 3.21. The topological polar surface area (TPSA) is 36.3 Å². The molecule has 0 fully saturated rings. The van der Waals surface area contributed by atoms with Gasteiger partial charge in [-0.05, 0) is 59.7 Å². The largest absolute Gasteiger partial charge is 0.497 e. The molecule has 0 unspecified atom stereocenters. The van der Waals surface area contributed by atoms with Gasteiger partial charge in [-0.3, -0.25) is 0 Å². The van der Waals surface area contributed by atoms with Gasteiger partial charge in [0.05, 0.1) is 20.5 Å². The van der Waals surface area contributed by atoms with Crippen molar-refractivity contribution < 1.29 is 9.47 Å². The molecule has 0 amide bonds. The van der Waals surface area contributed by atoms with Crippen LogP contribution in [0, 0.1) is 0 Å². The fourth-order valence-electron chi connectivity index (χ4n) is 4.11. The van der Waals surface area contributed by atoms with Crippen molar-refractivity contribution in [3.05, 3.63) is 77.9 Å². The number of imidazole rings is 1. The Morgan fingerprint density at radius 2 is 1.81 bits per heavy atom. The quantitative estimate of drug-likeness (QED) is 0.685. The average molecular weight is 348 g/mol. The molecule has 0 bridgehead atoms. The molecule has 0 N–H and O–H groups in total. The fourth-order valence-corrected chi connectivity index (χ4v) is 4.11. The molecule has 4 nitrogen and oxygen atoms in total. The number of rotatable bonds is 5. The molecule has 2 atom stereocenters. The van der Waals surface area contributed by atoms with Crippen LogP contribution < -0.4 is 9.47 Å². The molecule has 0 saturated heterocycles. The Labute approximate surface area is 154 Å². The third-order valence-electron chi connectivity index (χ3n) is 5.47. The first-order valence-corrected chi connectivity index (χ1v) is 9.05. The highest BCUT2D eigenvalue weighted by Gasteiger charge is 2.31. The van der Waals surface area contributed by atoms with E-state index in [2.05, 4.69) is 52.0 Å². The van der Waals surface area contributed by atoms with E-state index in [9.17, 15) is 0 Å². The predicted octanol–water partition coefficient (Wildman–Crippen LogP) is 4.41. The van der Waals surface area contributed by atoms with Gasteiger partial charge in [-0.2, -0.15) is 0 Å². The van der Waals surface area contributed by atoms with Gasteiger partial charge in [0.15, 0.2) is 0 Å². The molecule has 134 valence electrons. The van der Waals surface area contributed by atoms with Gasteiger partial charge >= 0.3 is 0 Å². The molecule has 4 rings (SSSR count). The number of methoxy groups -OCH3 is 2. The van der Waals surface area contributed by atoms with E-state index in [1.807, 2.05) is 18.7 Å². The zero-order chi connectivity index (χ0) is 17.9. The molecule has 0 aliphatic heterocycles. The molecule has 0 radical (unpaired) electrons. The van der Waals surface area contributed by atoms with Crippen LogP contribution in [0.25, 0.3) is 0 Å². The van der Waals surface area contributed by atoms with Crippen LogP contribution in [0.1, 0.15) is 34.9 Å². The summed E-state index contributed by atoms with van der Waals surface area (Å²) >= 11 is 0. The number of fused-ring (bicyclic) bond motifs is 1. The molecule has 2 aromatic carbocycles. The molecule has 1 aliphatic rings. The van der Waals surface area contributed by atoms with Crippen LogP contribution >= 0.6 is 0 Å². The SMILES string of the molecule is COc1ccc([C@H]2CCc3cc(OC)ccc3[C@@H]2Cn2ccnc2)cc1. The highest BCUT2D eigenvalue weighted by atomic mass is 16.5. The number of hydrogen-bond donors (Lipinski definition) is 0. The third kappa shape index (κ3) is 3.19. The number of ether oxygens (including phenoxy) is 2. The van der Waals surface area contributed by atoms with Gasteiger partial charge in [0, 0.05) is 24.9 Å². The summed E-state index contributed by atoms with van der Waals surface area (Å²) in [4.78, 5) is 4.22. The van der Waals surface area contributed by atoms with Crippen molar-refractivity contribution in [3.8, 4) is 11.5 Å². The van der Waals surface area contributed by atoms with Crippen molar-refractivity contribution in [2.75, 3.05) is 14.2 Å². The monoisotopic (exact) mass is 348 g/mol. The Morgan fingerprint density at radius 3 is 2.50 bits per heavy atom. The predicted molar refractivity (Wildman–Crippen MR) is 102 cm³/mol. The Bertz CT molecular complexity index is 856. The second-order valence-electron chi connectivity index (χ2n) is 6.85. The highest BCUT2D eigenvalue weighted by Crippen LogP contribution is 2.44. The fraction of sp³-hybridized carbons (Fsp3) is 0.318. The first-order valence-electron chi connectivity index (χ1n) is 9.05. The van der Waals surface area contributed by atoms with E-state index in [1.165, 1.54) is 16.7 Å². The molecule has 1 aromatic heterocycles. The van der Waals surface area contributed by atoms with Crippen molar-refractivity contribution >= 4 is 0 Å². The van der Waals surface area contributed by atoms with Gasteiger partial charge in [0.25, 0.3) is 0 Å². The standard InChI is InChI=1S/C22H24N2O2/c1-25-18-6-3-16(4-7-18)20-9-5-17-13-19(26-2)8-10-21(17)22(20)14-24-12-11-23-15-24/h3-4,6-8,10-13,15,20,22H,5,9,14H2,1-2H3/t20-,22-/m1/s1. The third-order valence-corrected chi connectivity index (χ3v) is 5.47. The summed E-state index contributed by atoms with van der Waals surface area (Å²) in [5, 5.41) is 0. The Morgan fingerprint density at radius 1 is 1.04 bits per heavy atom. The summed E-state index contributed by atoms with van der Waals surface area (Å²) in [6.45, 7) is 0.927. The Hall–Kier alpha value is -2.75. The second kappa shape index (κ2) is 7.24. The second-order valence-corrected chi connectivity index (χ2v) is 6.85. The van der Waals surface area contributed by atoms with Crippen molar-refractivity contribution in [2.24, 2.45) is 0 Å². The van der Waals surface area contributed by atoms with E-state index in [0.717, 1.165) is 30.9 Å². The minimum Gasteiger partial charge on any atom is -0.497 e. The normalized spacial score (nSPS) is 19.0. The van der Waals surface area contributed by atoms with Crippen LogP contribution in [0.5, 0.6) is 11.5 Å². The number of aryl methyl sites for hydroxylation is 1. The molecule has 0 spiro atoms. The molecule has 3 aromatic rings. The van der Waals surface area contributed by atoms with Crippen LogP contribution in [0.4, 0.5) is 0 Å². The van der Waals surface area contributed by atoms with Gasteiger partial charge < -0.3 is 14.0 Å². The van der Waals surface area contributed by atoms with Crippen LogP contribution in [0.15, 0.2) is 61.2 Å². The zero-order valence-corrected chi connectivity index (χ0v) is 15.3. The van der Waals surface area contributed by atoms with E-state index in [0.29, 0.717) is 11.8 Å². The minimum absolute atomic E-state index is 0.409. The first-order chi connectivity index (χ1) is 12.8. The van der Waals surface area contributed by atoms with E-state index in [-0.39, 0.29) is 0 Å². The smallest absolute Gasteiger partial charge is 0.119 e. The van der Waals surface area contributed by atoms with Crippen molar-refractivity contribution in [1.29, 1.82) is 0 Å². The maximum atomic E-state index is 5.43. The van der Waals surface area contributed by atoms with Crippen LogP contribution in [-0.4, -0.2) is 23.8 Å². The molecule has 0 saturated carbocycles. The van der Waals surface area contributed by atoms with Gasteiger partial charge in [0.1, 0.15) is 11.5 Å². The van der Waals surface area contributed by atoms with E-state index < -0.39 is 0 Å². The number of nitrogens with zero attached hydrogens (tertiary/aromatic N) is 2. The molecular formula is C22H24N2O2. The lowest BCUT2D eigenvalue weighted by atomic mass is 9.72. The lowest BCUT2D eigenvalue weighted by Gasteiger charge is -2.34. The molecule has 4 heteroatoms. The number of hydrogen-bond acceptors (Lipinski definition) is 3. The van der Waals surface area contributed by atoms with Crippen LogP contribution in [0.2, 0.25) is 0 Å². The summed E-state index contributed by atoms with van der Waals surface area (Å²) in [6.07, 6.45) is 8.00. The highest BCUT2D eigenvalue weighted by molar-refractivity contribution is 5.43. The first kappa shape index (κ1) is 16.7. The summed E-state index contributed by atoms with van der Waals surface area (Å²) in [6, 6.07) is 15.1. The molecule has 1 aliphatic carbocycles.